The van der Waals surface area contributed by atoms with Crippen molar-refractivity contribution in [2.45, 2.75) is 89.5 Å². The highest BCUT2D eigenvalue weighted by Gasteiger charge is 2.35. The zero-order valence-corrected chi connectivity index (χ0v) is 25.7. The van der Waals surface area contributed by atoms with Crippen molar-refractivity contribution < 1.29 is 14.3 Å². The van der Waals surface area contributed by atoms with Crippen LogP contribution in [0, 0.1) is 0 Å². The summed E-state index contributed by atoms with van der Waals surface area (Å²) in [4.78, 5) is 38.5. The minimum atomic E-state index is -0.526. The maximum absolute atomic E-state index is 13.4. The number of likely N-dealkylation sites (tertiary alicyclic amines) is 1. The smallest absolute Gasteiger partial charge is 0.328 e. The molecule has 224 valence electrons. The first-order chi connectivity index (χ1) is 20.3. The Bertz CT molecular complexity index is 1220. The van der Waals surface area contributed by atoms with Crippen LogP contribution in [0.3, 0.4) is 0 Å². The fraction of sp³-hybridized carbons (Fsp3) is 0.486. The molecule has 0 unspecified atom stereocenters. The molecule has 3 heterocycles. The normalized spacial score (nSPS) is 15.5. The first-order valence-electron chi connectivity index (χ1n) is 15.4. The van der Waals surface area contributed by atoms with E-state index in [1.54, 1.807) is 29.2 Å². The topological polar surface area (TPSA) is 75.6 Å². The molecule has 1 fully saturated rings. The molecule has 1 atom stereocenters. The zero-order chi connectivity index (χ0) is 30.0. The number of ether oxygens (including phenoxy) is 1. The summed E-state index contributed by atoms with van der Waals surface area (Å²) >= 11 is 0. The van der Waals surface area contributed by atoms with Crippen molar-refractivity contribution in [3.05, 3.63) is 90.0 Å². The van der Waals surface area contributed by atoms with Crippen molar-refractivity contribution in [2.24, 2.45) is 0 Å². The van der Waals surface area contributed by atoms with Crippen LogP contribution in [-0.2, 0) is 14.9 Å². The molecule has 0 spiro atoms. The number of urea groups is 1. The number of carbonyl (C=O) groups is 2. The van der Waals surface area contributed by atoms with E-state index in [9.17, 15) is 9.59 Å². The summed E-state index contributed by atoms with van der Waals surface area (Å²) in [7, 11) is 1.78. The Balaban J connectivity index is 1.22. The molecular formula is C35H46N4O3. The summed E-state index contributed by atoms with van der Waals surface area (Å²) in [6, 6.07) is 15.6. The number of benzene rings is 1. The van der Waals surface area contributed by atoms with E-state index in [0.717, 1.165) is 50.6 Å². The Hall–Kier alpha value is -3.74. The maximum Gasteiger partial charge on any atom is 0.328 e. The Morgan fingerprint density at radius 2 is 1.57 bits per heavy atom. The summed E-state index contributed by atoms with van der Waals surface area (Å²) in [5.74, 6) is -0.0117. The van der Waals surface area contributed by atoms with Gasteiger partial charge in [-0.05, 0) is 78.5 Å². The number of unbranched alkanes of at least 4 members (excludes halogenated alkanes) is 3. The van der Waals surface area contributed by atoms with Gasteiger partial charge in [0.2, 0.25) is 0 Å². The van der Waals surface area contributed by atoms with Crippen molar-refractivity contribution >= 4 is 17.7 Å². The number of pyridine rings is 2. The number of aromatic nitrogens is 2. The van der Waals surface area contributed by atoms with Crippen molar-refractivity contribution in [3.63, 3.8) is 0 Å². The van der Waals surface area contributed by atoms with Gasteiger partial charge in [0.15, 0.2) is 0 Å². The average molecular weight is 571 g/mol. The summed E-state index contributed by atoms with van der Waals surface area (Å²) in [5, 5.41) is 0. The van der Waals surface area contributed by atoms with E-state index in [0.29, 0.717) is 19.6 Å². The van der Waals surface area contributed by atoms with Crippen molar-refractivity contribution in [1.29, 1.82) is 0 Å². The van der Waals surface area contributed by atoms with Crippen molar-refractivity contribution in [3.8, 4) is 0 Å². The quantitative estimate of drug-likeness (QED) is 0.176. The molecule has 1 saturated heterocycles. The minimum absolute atomic E-state index is 0.0466. The van der Waals surface area contributed by atoms with Crippen LogP contribution >= 0.6 is 0 Å². The molecule has 2 aromatic heterocycles. The number of carbonyl (C=O) groups excluding carboxylic acids is 2. The second-order valence-electron chi connectivity index (χ2n) is 12.3. The molecule has 2 amide bonds. The molecule has 0 bridgehead atoms. The predicted octanol–water partition coefficient (Wildman–Crippen LogP) is 7.51. The molecule has 0 N–H and O–H groups in total. The lowest BCUT2D eigenvalue weighted by atomic mass is 9.87. The van der Waals surface area contributed by atoms with Gasteiger partial charge in [-0.25, -0.2) is 9.59 Å². The van der Waals surface area contributed by atoms with Crippen LogP contribution in [-0.4, -0.2) is 53.1 Å². The molecule has 0 saturated carbocycles. The molecular weight excluding hydrogens is 524 g/mol. The van der Waals surface area contributed by atoms with Crippen LogP contribution in [0.1, 0.15) is 94.7 Å². The zero-order valence-electron chi connectivity index (χ0n) is 25.7. The van der Waals surface area contributed by atoms with Crippen LogP contribution in [0.2, 0.25) is 0 Å². The molecule has 3 aromatic rings. The fourth-order valence-electron chi connectivity index (χ4n) is 5.66. The van der Waals surface area contributed by atoms with Crippen LogP contribution in [0.5, 0.6) is 0 Å². The minimum Gasteiger partial charge on any atom is -0.464 e. The van der Waals surface area contributed by atoms with Gasteiger partial charge in [-0.3, -0.25) is 14.9 Å². The molecule has 1 aliphatic rings. The van der Waals surface area contributed by atoms with E-state index in [4.69, 9.17) is 4.74 Å². The SMILES string of the molecule is CN(C(=O)N1CCCC[C@H]1C(=O)OCCCCCCC(c1cccnc1)c1cccnc1)c1ccc(C(C)(C)C)cc1. The Morgan fingerprint density at radius 3 is 2.17 bits per heavy atom. The van der Waals surface area contributed by atoms with Gasteiger partial charge in [0.25, 0.3) is 0 Å². The van der Waals surface area contributed by atoms with Crippen LogP contribution in [0.15, 0.2) is 73.3 Å². The van der Waals surface area contributed by atoms with Gasteiger partial charge in [-0.1, -0.05) is 64.3 Å². The second-order valence-corrected chi connectivity index (χ2v) is 12.3. The number of amides is 2. The van der Waals surface area contributed by atoms with E-state index in [2.05, 4.69) is 55.0 Å². The number of anilines is 1. The second kappa shape index (κ2) is 14.9. The Kier molecular flexibility index (Phi) is 11.1. The molecule has 0 aliphatic carbocycles. The summed E-state index contributed by atoms with van der Waals surface area (Å²) in [5.41, 5.74) is 4.50. The maximum atomic E-state index is 13.4. The highest BCUT2D eigenvalue weighted by atomic mass is 16.5. The van der Waals surface area contributed by atoms with Gasteiger partial charge in [-0.2, -0.15) is 0 Å². The van der Waals surface area contributed by atoms with E-state index in [1.807, 2.05) is 36.7 Å². The van der Waals surface area contributed by atoms with Crippen LogP contribution in [0.25, 0.3) is 0 Å². The van der Waals surface area contributed by atoms with Crippen molar-refractivity contribution in [1.82, 2.24) is 14.9 Å². The summed E-state index contributed by atoms with van der Waals surface area (Å²) in [6.07, 6.45) is 14.9. The van der Waals surface area contributed by atoms with Crippen LogP contribution < -0.4 is 4.90 Å². The molecule has 7 heteroatoms. The van der Waals surface area contributed by atoms with Crippen LogP contribution in [0.4, 0.5) is 10.5 Å². The number of hydrogen-bond acceptors (Lipinski definition) is 5. The van der Waals surface area contributed by atoms with E-state index >= 15 is 0 Å². The van der Waals surface area contributed by atoms with E-state index < -0.39 is 6.04 Å². The first-order valence-corrected chi connectivity index (χ1v) is 15.4. The van der Waals surface area contributed by atoms with Gasteiger partial charge in [0.05, 0.1) is 6.61 Å². The van der Waals surface area contributed by atoms with Gasteiger partial charge < -0.3 is 9.64 Å². The van der Waals surface area contributed by atoms with Gasteiger partial charge in [-0.15, -0.1) is 0 Å². The van der Waals surface area contributed by atoms with Gasteiger partial charge >= 0.3 is 12.0 Å². The predicted molar refractivity (Wildman–Crippen MR) is 168 cm³/mol. The lowest BCUT2D eigenvalue weighted by Crippen LogP contribution is -2.53. The number of esters is 1. The standard InChI is InChI=1S/C35H46N4O3/c1-35(2,3)29-17-19-30(20-18-29)38(4)34(41)39-23-9-8-16-32(39)33(40)42-24-10-6-5-7-15-31(27-13-11-21-36-25-27)28-14-12-22-37-26-28/h11-14,17-22,25-26,31-32H,5-10,15-16,23-24H2,1-4H3/t32-/m0/s1. The number of nitrogens with zero attached hydrogens (tertiary/aromatic N) is 4. The van der Waals surface area contributed by atoms with E-state index in [-0.39, 0.29) is 23.3 Å². The third-order valence-corrected chi connectivity index (χ3v) is 8.23. The lowest BCUT2D eigenvalue weighted by Gasteiger charge is -2.36. The molecule has 42 heavy (non-hydrogen) atoms. The number of piperidine rings is 1. The fourth-order valence-corrected chi connectivity index (χ4v) is 5.66. The average Bonchev–Trinajstić information content (AvgIpc) is 3.02. The Morgan fingerprint density at radius 1 is 0.929 bits per heavy atom. The van der Waals surface area contributed by atoms with Gasteiger partial charge in [0, 0.05) is 50.0 Å². The lowest BCUT2D eigenvalue weighted by molar-refractivity contribution is -0.150. The summed E-state index contributed by atoms with van der Waals surface area (Å²) < 4.78 is 5.70. The molecule has 4 rings (SSSR count). The highest BCUT2D eigenvalue weighted by molar-refractivity contribution is 5.94. The monoisotopic (exact) mass is 570 g/mol. The Labute approximate surface area is 251 Å². The third-order valence-electron chi connectivity index (χ3n) is 8.23. The first kappa shape index (κ1) is 31.2. The molecule has 1 aliphatic heterocycles. The summed E-state index contributed by atoms with van der Waals surface area (Å²) in [6.45, 7) is 7.46. The largest absolute Gasteiger partial charge is 0.464 e. The highest BCUT2D eigenvalue weighted by Crippen LogP contribution is 2.29. The molecule has 1 aromatic carbocycles. The number of rotatable bonds is 11. The van der Waals surface area contributed by atoms with Crippen molar-refractivity contribution in [2.75, 3.05) is 25.1 Å². The third kappa shape index (κ3) is 8.40. The van der Waals surface area contributed by atoms with E-state index in [1.165, 1.54) is 16.7 Å². The van der Waals surface area contributed by atoms with Gasteiger partial charge in [0.1, 0.15) is 6.04 Å². The number of hydrogen-bond donors (Lipinski definition) is 0. The molecule has 7 nitrogen and oxygen atoms in total. The molecule has 0 radical (unpaired) electrons.